The summed E-state index contributed by atoms with van der Waals surface area (Å²) in [6, 6.07) is 21.9. The Morgan fingerprint density at radius 2 is 1.66 bits per heavy atom. The van der Waals surface area contributed by atoms with Crippen molar-refractivity contribution >= 4 is 34.0 Å². The van der Waals surface area contributed by atoms with E-state index < -0.39 is 17.7 Å². The molecule has 1 unspecified atom stereocenters. The maximum Gasteiger partial charge on any atom is 0.300 e. The van der Waals surface area contributed by atoms with Crippen LogP contribution >= 0.6 is 0 Å². The Morgan fingerprint density at radius 1 is 0.938 bits per heavy atom. The van der Waals surface area contributed by atoms with Crippen LogP contribution in [0.5, 0.6) is 0 Å². The highest BCUT2D eigenvalue weighted by Gasteiger charge is 2.47. The predicted molar refractivity (Wildman–Crippen MR) is 125 cm³/mol. The monoisotopic (exact) mass is 422 g/mol. The van der Waals surface area contributed by atoms with E-state index in [0.717, 1.165) is 27.6 Å². The van der Waals surface area contributed by atoms with Crippen molar-refractivity contribution in [2.75, 3.05) is 4.90 Å². The Kier molecular flexibility index (Phi) is 4.67. The average Bonchev–Trinajstić information content (AvgIpc) is 3.34. The first-order valence-electron chi connectivity index (χ1n) is 10.5. The van der Waals surface area contributed by atoms with Gasteiger partial charge in [0, 0.05) is 28.4 Å². The minimum Gasteiger partial charge on any atom is -0.507 e. The molecule has 32 heavy (non-hydrogen) atoms. The Hall–Kier alpha value is -4.12. The lowest BCUT2D eigenvalue weighted by Gasteiger charge is -2.27. The van der Waals surface area contributed by atoms with E-state index in [1.165, 1.54) is 4.90 Å². The molecular formula is C27H22N2O3. The molecule has 1 amide bonds. The molecule has 0 radical (unpaired) electrons. The van der Waals surface area contributed by atoms with Crippen LogP contribution in [0.4, 0.5) is 5.69 Å². The van der Waals surface area contributed by atoms with Crippen LogP contribution in [0.1, 0.15) is 28.3 Å². The summed E-state index contributed by atoms with van der Waals surface area (Å²) in [6.07, 6.45) is 1.67. The zero-order chi connectivity index (χ0) is 22.4. The molecule has 2 N–H and O–H groups in total. The van der Waals surface area contributed by atoms with Gasteiger partial charge in [-0.15, -0.1) is 0 Å². The number of rotatable bonds is 3. The number of benzene rings is 3. The number of para-hydroxylation sites is 1. The summed E-state index contributed by atoms with van der Waals surface area (Å²) in [5, 5.41) is 12.2. The molecule has 3 aromatic carbocycles. The van der Waals surface area contributed by atoms with Gasteiger partial charge in [0.05, 0.1) is 11.6 Å². The van der Waals surface area contributed by atoms with Gasteiger partial charge >= 0.3 is 0 Å². The second-order valence-electron chi connectivity index (χ2n) is 8.12. The first kappa shape index (κ1) is 19.8. The van der Waals surface area contributed by atoms with E-state index in [-0.39, 0.29) is 11.3 Å². The molecule has 1 fully saturated rings. The number of nitrogens with one attached hydrogen (secondary N) is 1. The molecule has 5 heteroatoms. The van der Waals surface area contributed by atoms with Crippen LogP contribution in [0.15, 0.2) is 84.6 Å². The molecule has 4 aromatic rings. The number of aryl methyl sites for hydroxylation is 2. The first-order valence-corrected chi connectivity index (χ1v) is 10.5. The van der Waals surface area contributed by atoms with Gasteiger partial charge in [0.25, 0.3) is 11.7 Å². The lowest BCUT2D eigenvalue weighted by atomic mass is 9.94. The van der Waals surface area contributed by atoms with Gasteiger partial charge in [-0.3, -0.25) is 14.5 Å². The molecule has 5 nitrogen and oxygen atoms in total. The zero-order valence-electron chi connectivity index (χ0n) is 17.8. The van der Waals surface area contributed by atoms with Crippen LogP contribution in [0.2, 0.25) is 0 Å². The molecule has 0 bridgehead atoms. The van der Waals surface area contributed by atoms with Crippen molar-refractivity contribution in [2.24, 2.45) is 0 Å². The minimum absolute atomic E-state index is 0.0888. The maximum atomic E-state index is 13.3. The predicted octanol–water partition coefficient (Wildman–Crippen LogP) is 5.41. The SMILES string of the molecule is Cc1ccc(N2C(=O)C(=O)/C(=C(\O)c3c[nH]c4ccccc34)C2c2ccccc2)c(C)c1. The number of carbonyl (C=O) groups is 2. The van der Waals surface area contributed by atoms with E-state index in [4.69, 9.17) is 0 Å². The van der Waals surface area contributed by atoms with Gasteiger partial charge in [0.15, 0.2) is 0 Å². The van der Waals surface area contributed by atoms with E-state index >= 15 is 0 Å². The molecule has 1 aliphatic rings. The quantitative estimate of drug-likeness (QED) is 0.263. The van der Waals surface area contributed by atoms with Crippen molar-refractivity contribution in [1.82, 2.24) is 4.98 Å². The fourth-order valence-corrected chi connectivity index (χ4v) is 4.52. The van der Waals surface area contributed by atoms with Gasteiger partial charge in [-0.25, -0.2) is 0 Å². The highest BCUT2D eigenvalue weighted by molar-refractivity contribution is 6.52. The van der Waals surface area contributed by atoms with E-state index in [0.29, 0.717) is 11.3 Å². The normalized spacial score (nSPS) is 17.9. The highest BCUT2D eigenvalue weighted by atomic mass is 16.3. The number of carbonyl (C=O) groups excluding carboxylic acids is 2. The number of H-pyrrole nitrogens is 1. The number of fused-ring (bicyclic) bond motifs is 1. The van der Waals surface area contributed by atoms with Crippen molar-refractivity contribution in [1.29, 1.82) is 0 Å². The molecule has 5 rings (SSSR count). The molecule has 158 valence electrons. The van der Waals surface area contributed by atoms with Crippen molar-refractivity contribution in [3.05, 3.63) is 107 Å². The Bertz CT molecular complexity index is 1400. The number of ketones is 1. The van der Waals surface area contributed by atoms with Crippen LogP contribution in [-0.2, 0) is 9.59 Å². The smallest absolute Gasteiger partial charge is 0.300 e. The number of aliphatic hydroxyl groups excluding tert-OH is 1. The van der Waals surface area contributed by atoms with Gasteiger partial charge < -0.3 is 10.1 Å². The number of aliphatic hydroxyl groups is 1. The van der Waals surface area contributed by atoms with E-state index in [2.05, 4.69) is 4.98 Å². The number of aromatic amines is 1. The van der Waals surface area contributed by atoms with Crippen molar-refractivity contribution in [2.45, 2.75) is 19.9 Å². The van der Waals surface area contributed by atoms with Gasteiger partial charge in [0.2, 0.25) is 0 Å². The van der Waals surface area contributed by atoms with Crippen molar-refractivity contribution in [3.8, 4) is 0 Å². The lowest BCUT2D eigenvalue weighted by molar-refractivity contribution is -0.132. The Morgan fingerprint density at radius 3 is 2.41 bits per heavy atom. The molecule has 2 heterocycles. The fraction of sp³-hybridized carbons (Fsp3) is 0.111. The summed E-state index contributed by atoms with van der Waals surface area (Å²) in [6.45, 7) is 3.90. The molecule has 1 aliphatic heterocycles. The van der Waals surface area contributed by atoms with Gasteiger partial charge in [-0.1, -0.05) is 66.2 Å². The van der Waals surface area contributed by atoms with Gasteiger partial charge in [0.1, 0.15) is 5.76 Å². The first-order chi connectivity index (χ1) is 15.5. The molecule has 1 aromatic heterocycles. The summed E-state index contributed by atoms with van der Waals surface area (Å²) < 4.78 is 0. The molecule has 0 aliphatic carbocycles. The number of hydrogen-bond acceptors (Lipinski definition) is 3. The standard InChI is InChI=1S/C27H22N2O3/c1-16-12-13-22(17(2)14-16)29-24(18-8-4-3-5-9-18)23(26(31)27(29)32)25(30)20-15-28-21-11-7-6-10-19(20)21/h3-15,24,28,30H,1-2H3/b25-23-. The van der Waals surface area contributed by atoms with E-state index in [1.807, 2.05) is 86.6 Å². The fourth-order valence-electron chi connectivity index (χ4n) is 4.52. The third-order valence-electron chi connectivity index (χ3n) is 6.02. The number of amides is 1. The topological polar surface area (TPSA) is 73.4 Å². The summed E-state index contributed by atoms with van der Waals surface area (Å²) in [5.74, 6) is -1.52. The lowest BCUT2D eigenvalue weighted by Crippen LogP contribution is -2.30. The van der Waals surface area contributed by atoms with Crippen molar-refractivity contribution < 1.29 is 14.7 Å². The summed E-state index contributed by atoms with van der Waals surface area (Å²) in [4.78, 5) is 31.2. The maximum absolute atomic E-state index is 13.3. The van der Waals surface area contributed by atoms with Gasteiger partial charge in [-0.05, 0) is 37.1 Å². The summed E-state index contributed by atoms with van der Waals surface area (Å²) >= 11 is 0. The molecule has 1 atom stereocenters. The van der Waals surface area contributed by atoms with Gasteiger partial charge in [-0.2, -0.15) is 0 Å². The number of aromatic nitrogens is 1. The second kappa shape index (κ2) is 7.54. The molecule has 0 spiro atoms. The highest BCUT2D eigenvalue weighted by Crippen LogP contribution is 2.43. The van der Waals surface area contributed by atoms with E-state index in [1.54, 1.807) is 6.20 Å². The third kappa shape index (κ3) is 3.02. The number of Topliss-reactive ketones (excluding diaryl/α,β-unsaturated/α-hetero) is 1. The number of anilines is 1. The van der Waals surface area contributed by atoms with Crippen LogP contribution < -0.4 is 4.90 Å². The van der Waals surface area contributed by atoms with Crippen LogP contribution in [-0.4, -0.2) is 21.8 Å². The van der Waals surface area contributed by atoms with Crippen LogP contribution in [0.25, 0.3) is 16.7 Å². The second-order valence-corrected chi connectivity index (χ2v) is 8.12. The summed E-state index contributed by atoms with van der Waals surface area (Å²) in [5.41, 5.74) is 4.80. The zero-order valence-corrected chi connectivity index (χ0v) is 17.8. The Labute approximate surface area is 185 Å². The summed E-state index contributed by atoms with van der Waals surface area (Å²) in [7, 11) is 0. The van der Waals surface area contributed by atoms with Crippen LogP contribution in [0.3, 0.4) is 0 Å². The van der Waals surface area contributed by atoms with E-state index in [9.17, 15) is 14.7 Å². The Balaban J connectivity index is 1.77. The largest absolute Gasteiger partial charge is 0.507 e. The minimum atomic E-state index is -0.730. The molecular weight excluding hydrogens is 400 g/mol. The third-order valence-corrected chi connectivity index (χ3v) is 6.02. The molecule has 0 saturated carbocycles. The molecule has 1 saturated heterocycles. The number of nitrogens with zero attached hydrogens (tertiary/aromatic N) is 1. The van der Waals surface area contributed by atoms with Crippen molar-refractivity contribution in [3.63, 3.8) is 0 Å². The average molecular weight is 422 g/mol. The number of hydrogen-bond donors (Lipinski definition) is 2. The van der Waals surface area contributed by atoms with Crippen LogP contribution in [0, 0.1) is 13.8 Å².